The van der Waals surface area contributed by atoms with Crippen LogP contribution in [0.2, 0.25) is 0 Å². The molecule has 0 amide bonds. The molecule has 0 heterocycles. The van der Waals surface area contributed by atoms with Crippen LogP contribution in [0.25, 0.3) is 11.1 Å². The summed E-state index contributed by atoms with van der Waals surface area (Å²) < 4.78 is 13.0. The average Bonchev–Trinajstić information content (AvgIpc) is 3.42. The molecule has 0 aliphatic heterocycles. The van der Waals surface area contributed by atoms with Gasteiger partial charge in [-0.05, 0) is 132 Å². The van der Waals surface area contributed by atoms with Crippen molar-refractivity contribution in [2.45, 2.75) is 90.6 Å². The monoisotopic (exact) mass is 696 g/mol. The molecule has 0 N–H and O–H groups in total. The van der Waals surface area contributed by atoms with Crippen LogP contribution in [0, 0.1) is 17.8 Å². The summed E-state index contributed by atoms with van der Waals surface area (Å²) in [5, 5.41) is 0. The van der Waals surface area contributed by atoms with Gasteiger partial charge in [0, 0.05) is 16.7 Å². The van der Waals surface area contributed by atoms with E-state index in [2.05, 4.69) is 208 Å². The minimum atomic E-state index is -0.365. The third-order valence-electron chi connectivity index (χ3n) is 10.5. The molecular formula is C51H52O2. The fraction of sp³-hybridized carbons (Fsp3) is 0.294. The molecule has 0 aromatic heterocycles. The highest BCUT2D eigenvalue weighted by Gasteiger charge is 2.49. The van der Waals surface area contributed by atoms with Gasteiger partial charge in [0.1, 0.15) is 22.9 Å². The zero-order chi connectivity index (χ0) is 37.6. The van der Waals surface area contributed by atoms with Gasteiger partial charge in [0.2, 0.25) is 0 Å². The molecule has 53 heavy (non-hydrogen) atoms. The highest BCUT2D eigenvalue weighted by Crippen LogP contribution is 2.58. The minimum absolute atomic E-state index is 0.121. The van der Waals surface area contributed by atoms with Gasteiger partial charge in [-0.15, -0.1) is 0 Å². The number of rotatable bonds is 5. The van der Waals surface area contributed by atoms with Gasteiger partial charge < -0.3 is 9.47 Å². The number of allylic oxidation sites excluding steroid dienone is 3. The predicted octanol–water partition coefficient (Wildman–Crippen LogP) is 12.7. The van der Waals surface area contributed by atoms with Crippen molar-refractivity contribution in [3.05, 3.63) is 178 Å². The molecule has 0 saturated carbocycles. The predicted molar refractivity (Wildman–Crippen MR) is 221 cm³/mol. The molecule has 0 spiro atoms. The Hall–Kier alpha value is -5.26. The second-order valence-corrected chi connectivity index (χ2v) is 17.6. The van der Waals surface area contributed by atoms with Crippen LogP contribution in [0.4, 0.5) is 0 Å². The number of hydrogen-bond acceptors (Lipinski definition) is 2. The summed E-state index contributed by atoms with van der Waals surface area (Å²) in [5.41, 5.74) is 10.4. The first kappa shape index (κ1) is 36.1. The molecule has 2 heteroatoms. The normalized spacial score (nSPS) is 16.2. The van der Waals surface area contributed by atoms with Gasteiger partial charge in [0.25, 0.3) is 0 Å². The van der Waals surface area contributed by atoms with Crippen LogP contribution >= 0.6 is 0 Å². The lowest BCUT2D eigenvalue weighted by Gasteiger charge is -2.40. The summed E-state index contributed by atoms with van der Waals surface area (Å²) in [6, 6.07) is 41.6. The van der Waals surface area contributed by atoms with Crippen molar-refractivity contribution in [3.63, 3.8) is 0 Å². The van der Waals surface area contributed by atoms with Gasteiger partial charge in [-0.1, -0.05) is 132 Å². The van der Waals surface area contributed by atoms with Gasteiger partial charge >= 0.3 is 0 Å². The fourth-order valence-electron chi connectivity index (χ4n) is 7.94. The summed E-state index contributed by atoms with van der Waals surface area (Å²) in [6.45, 7) is 19.7. The lowest BCUT2D eigenvalue weighted by atomic mass is 9.62. The van der Waals surface area contributed by atoms with Crippen molar-refractivity contribution in [3.8, 4) is 34.5 Å². The summed E-state index contributed by atoms with van der Waals surface area (Å²) >= 11 is 0. The first-order valence-corrected chi connectivity index (χ1v) is 19.0. The molecule has 0 bridgehead atoms. The number of fused-ring (bicyclic) bond motifs is 3. The molecule has 0 fully saturated rings. The van der Waals surface area contributed by atoms with Gasteiger partial charge in [0.15, 0.2) is 0 Å². The SMILES string of the molecule is CC(C)(C)Oc1ccc(C2(C3C=CC(Oc4ccc(C#Cc5ccc(C(C)(C)C)cc5)cc4C(C)(C)C)=CC3)c3ccccc3-c3ccccc32)cc1. The summed E-state index contributed by atoms with van der Waals surface area (Å²) in [4.78, 5) is 0. The fourth-order valence-corrected chi connectivity index (χ4v) is 7.94. The Bertz CT molecular complexity index is 2200. The summed E-state index contributed by atoms with van der Waals surface area (Å²) in [6.07, 6.45) is 7.65. The molecule has 2 aliphatic rings. The number of benzene rings is 5. The Morgan fingerprint density at radius 3 is 1.75 bits per heavy atom. The molecule has 0 radical (unpaired) electrons. The quantitative estimate of drug-likeness (QED) is 0.170. The number of hydrogen-bond donors (Lipinski definition) is 0. The van der Waals surface area contributed by atoms with Gasteiger partial charge in [0.05, 0.1) is 5.41 Å². The van der Waals surface area contributed by atoms with Crippen LogP contribution < -0.4 is 9.47 Å². The molecule has 5 aromatic rings. The van der Waals surface area contributed by atoms with Crippen molar-refractivity contribution in [1.82, 2.24) is 0 Å². The second-order valence-electron chi connectivity index (χ2n) is 17.6. The lowest BCUT2D eigenvalue weighted by molar-refractivity contribution is 0.131. The number of ether oxygens (including phenoxy) is 2. The Morgan fingerprint density at radius 1 is 0.623 bits per heavy atom. The molecule has 2 nitrogen and oxygen atoms in total. The Morgan fingerprint density at radius 2 is 1.21 bits per heavy atom. The smallest absolute Gasteiger partial charge is 0.131 e. The van der Waals surface area contributed by atoms with Crippen molar-refractivity contribution in [2.75, 3.05) is 0 Å². The molecule has 0 saturated heterocycles. The molecule has 1 unspecified atom stereocenters. The Balaban J connectivity index is 1.20. The van der Waals surface area contributed by atoms with Gasteiger partial charge in [-0.25, -0.2) is 0 Å². The Labute approximate surface area is 317 Å². The first-order chi connectivity index (χ1) is 25.1. The maximum absolute atomic E-state index is 6.74. The molecular weight excluding hydrogens is 645 g/mol. The van der Waals surface area contributed by atoms with Crippen LogP contribution in [-0.4, -0.2) is 5.60 Å². The van der Waals surface area contributed by atoms with Crippen molar-refractivity contribution in [2.24, 2.45) is 5.92 Å². The van der Waals surface area contributed by atoms with Crippen LogP contribution in [0.3, 0.4) is 0 Å². The van der Waals surface area contributed by atoms with E-state index in [1.165, 1.54) is 33.4 Å². The van der Waals surface area contributed by atoms with E-state index < -0.39 is 0 Å². The van der Waals surface area contributed by atoms with E-state index in [9.17, 15) is 0 Å². The van der Waals surface area contributed by atoms with Crippen molar-refractivity contribution in [1.29, 1.82) is 0 Å². The van der Waals surface area contributed by atoms with E-state index in [-0.39, 0.29) is 27.8 Å². The summed E-state index contributed by atoms with van der Waals surface area (Å²) in [5.74, 6) is 9.57. The molecule has 2 aliphatic carbocycles. The van der Waals surface area contributed by atoms with E-state index in [1.807, 2.05) is 0 Å². The molecule has 7 rings (SSSR count). The van der Waals surface area contributed by atoms with Crippen LogP contribution in [-0.2, 0) is 16.2 Å². The average molecular weight is 697 g/mol. The highest BCUT2D eigenvalue weighted by atomic mass is 16.5. The van der Waals surface area contributed by atoms with Gasteiger partial charge in [-0.3, -0.25) is 0 Å². The third kappa shape index (κ3) is 7.23. The topological polar surface area (TPSA) is 18.5 Å². The summed E-state index contributed by atoms with van der Waals surface area (Å²) in [7, 11) is 0. The Kier molecular flexibility index (Phi) is 9.28. The van der Waals surface area contributed by atoms with Crippen LogP contribution in [0.15, 0.2) is 139 Å². The largest absolute Gasteiger partial charge is 0.488 e. The van der Waals surface area contributed by atoms with Crippen LogP contribution in [0.1, 0.15) is 108 Å². The molecule has 1 atom stereocenters. The maximum atomic E-state index is 6.74. The van der Waals surface area contributed by atoms with E-state index in [0.29, 0.717) is 0 Å². The minimum Gasteiger partial charge on any atom is -0.488 e. The van der Waals surface area contributed by atoms with E-state index >= 15 is 0 Å². The zero-order valence-corrected chi connectivity index (χ0v) is 32.8. The van der Waals surface area contributed by atoms with Crippen LogP contribution in [0.5, 0.6) is 11.5 Å². The van der Waals surface area contributed by atoms with Crippen molar-refractivity contribution >= 4 is 0 Å². The zero-order valence-electron chi connectivity index (χ0n) is 32.8. The van der Waals surface area contributed by atoms with Crippen molar-refractivity contribution < 1.29 is 9.47 Å². The highest BCUT2D eigenvalue weighted by molar-refractivity contribution is 5.84. The molecule has 5 aromatic carbocycles. The standard InChI is InChI=1S/C51H52O2/c1-48(2,3)37-23-20-35(21-24-37)18-19-36-22-33-47(46(34-36)49(4,5)6)52-40-29-25-38(26-30-40)51(39-27-31-41(32-28-39)53-50(7,8)9)44-16-12-10-14-42(44)43-15-11-13-17-45(43)51/h10-17,20-25,27-34,38H,26H2,1-9H3. The van der Waals surface area contributed by atoms with E-state index in [0.717, 1.165) is 40.4 Å². The van der Waals surface area contributed by atoms with Gasteiger partial charge in [-0.2, -0.15) is 0 Å². The second kappa shape index (κ2) is 13.6. The lowest BCUT2D eigenvalue weighted by Crippen LogP contribution is -2.36. The first-order valence-electron chi connectivity index (χ1n) is 19.0. The maximum Gasteiger partial charge on any atom is 0.131 e. The van der Waals surface area contributed by atoms with E-state index in [4.69, 9.17) is 9.47 Å². The molecule has 268 valence electrons. The third-order valence-corrected chi connectivity index (χ3v) is 10.5. The van der Waals surface area contributed by atoms with E-state index in [1.54, 1.807) is 0 Å².